The predicted molar refractivity (Wildman–Crippen MR) is 138 cm³/mol. The van der Waals surface area contributed by atoms with Crippen LogP contribution >= 0.6 is 0 Å². The number of hydrogen-bond acceptors (Lipinski definition) is 7. The third-order valence-corrected chi connectivity index (χ3v) is 5.38. The Balaban J connectivity index is 1.31. The fraction of sp³-hybridized carbons (Fsp3) is 0.111. The molecule has 0 atom stereocenters. The van der Waals surface area contributed by atoms with E-state index in [1.807, 2.05) is 74.5 Å². The number of fused-ring (bicyclic) bond motifs is 1. The maximum absolute atomic E-state index is 12.9. The van der Waals surface area contributed by atoms with E-state index in [0.717, 1.165) is 28.9 Å². The van der Waals surface area contributed by atoms with Crippen LogP contribution in [-0.4, -0.2) is 27.6 Å². The zero-order chi connectivity index (χ0) is 24.2. The van der Waals surface area contributed by atoms with Gasteiger partial charge in [-0.25, -0.2) is 4.98 Å². The largest absolute Gasteiger partial charge is 0.355 e. The standard InChI is InChI=1S/C27H24N6O2/c1-3-28-27-29-17(2)15-24(32-27)30-20-10-12-21(13-11-20)31-26(34)19-9-14-23-22(16-19)25(35-33-23)18-7-5-4-6-8-18/h4-16H,3H2,1-2H3,(H,31,34)(H2,28,29,30,32). The summed E-state index contributed by atoms with van der Waals surface area (Å²) < 4.78 is 5.54. The van der Waals surface area contributed by atoms with E-state index in [-0.39, 0.29) is 5.91 Å². The summed E-state index contributed by atoms with van der Waals surface area (Å²) in [5, 5.41) is 14.3. The van der Waals surface area contributed by atoms with E-state index < -0.39 is 0 Å². The highest BCUT2D eigenvalue weighted by Gasteiger charge is 2.14. The molecule has 0 saturated heterocycles. The topological polar surface area (TPSA) is 105 Å². The Morgan fingerprint density at radius 1 is 0.914 bits per heavy atom. The number of benzene rings is 3. The van der Waals surface area contributed by atoms with Crippen LogP contribution in [-0.2, 0) is 0 Å². The highest BCUT2D eigenvalue weighted by molar-refractivity contribution is 6.07. The van der Waals surface area contributed by atoms with Crippen molar-refractivity contribution in [3.63, 3.8) is 0 Å². The summed E-state index contributed by atoms with van der Waals surface area (Å²) in [6.45, 7) is 4.67. The first-order valence-electron chi connectivity index (χ1n) is 11.3. The van der Waals surface area contributed by atoms with Crippen molar-refractivity contribution in [1.29, 1.82) is 0 Å². The molecule has 8 heteroatoms. The third-order valence-electron chi connectivity index (χ3n) is 5.38. The molecule has 174 valence electrons. The van der Waals surface area contributed by atoms with E-state index in [2.05, 4.69) is 31.1 Å². The normalized spacial score (nSPS) is 10.8. The van der Waals surface area contributed by atoms with Crippen LogP contribution in [0.5, 0.6) is 0 Å². The number of nitrogens with zero attached hydrogens (tertiary/aromatic N) is 3. The number of aromatic nitrogens is 3. The van der Waals surface area contributed by atoms with Gasteiger partial charge in [0.15, 0.2) is 5.76 Å². The van der Waals surface area contributed by atoms with Crippen molar-refractivity contribution in [1.82, 2.24) is 15.1 Å². The molecule has 0 saturated carbocycles. The van der Waals surface area contributed by atoms with E-state index in [1.165, 1.54) is 0 Å². The molecule has 0 aliphatic heterocycles. The Labute approximate surface area is 202 Å². The van der Waals surface area contributed by atoms with Crippen molar-refractivity contribution in [2.24, 2.45) is 0 Å². The van der Waals surface area contributed by atoms with Crippen LogP contribution < -0.4 is 16.0 Å². The summed E-state index contributed by atoms with van der Waals surface area (Å²) in [5.41, 5.74) is 4.53. The van der Waals surface area contributed by atoms with Crippen molar-refractivity contribution >= 4 is 40.0 Å². The highest BCUT2D eigenvalue weighted by atomic mass is 16.5. The molecule has 5 rings (SSSR count). The van der Waals surface area contributed by atoms with Crippen molar-refractivity contribution in [2.75, 3.05) is 22.5 Å². The lowest BCUT2D eigenvalue weighted by atomic mass is 10.1. The van der Waals surface area contributed by atoms with Crippen LogP contribution in [0, 0.1) is 6.92 Å². The smallest absolute Gasteiger partial charge is 0.255 e. The fourth-order valence-electron chi connectivity index (χ4n) is 3.74. The summed E-state index contributed by atoms with van der Waals surface area (Å²) in [4.78, 5) is 21.8. The molecule has 3 N–H and O–H groups in total. The van der Waals surface area contributed by atoms with Crippen LogP contribution in [0.15, 0.2) is 83.4 Å². The van der Waals surface area contributed by atoms with Gasteiger partial charge in [0.25, 0.3) is 5.91 Å². The summed E-state index contributed by atoms with van der Waals surface area (Å²) in [5.74, 6) is 1.71. The molecule has 2 aromatic heterocycles. The Hall–Kier alpha value is -4.72. The van der Waals surface area contributed by atoms with Gasteiger partial charge < -0.3 is 20.5 Å². The third kappa shape index (κ3) is 4.96. The molecule has 35 heavy (non-hydrogen) atoms. The molecule has 1 amide bonds. The monoisotopic (exact) mass is 464 g/mol. The van der Waals surface area contributed by atoms with Gasteiger partial charge in [-0.2, -0.15) is 4.98 Å². The molecular formula is C27H24N6O2. The number of carbonyl (C=O) groups excluding carboxylic acids is 1. The fourth-order valence-corrected chi connectivity index (χ4v) is 3.74. The molecule has 0 aliphatic rings. The van der Waals surface area contributed by atoms with Crippen LogP contribution in [0.1, 0.15) is 23.0 Å². The van der Waals surface area contributed by atoms with E-state index in [0.29, 0.717) is 34.3 Å². The van der Waals surface area contributed by atoms with Crippen LogP contribution in [0.25, 0.3) is 22.2 Å². The number of carbonyl (C=O) groups is 1. The van der Waals surface area contributed by atoms with Gasteiger partial charge in [-0.3, -0.25) is 4.79 Å². The molecule has 0 unspecified atom stereocenters. The summed E-state index contributed by atoms with van der Waals surface area (Å²) >= 11 is 0. The van der Waals surface area contributed by atoms with Crippen LogP contribution in [0.2, 0.25) is 0 Å². The number of aryl methyl sites for hydroxylation is 1. The van der Waals surface area contributed by atoms with E-state index in [4.69, 9.17) is 4.52 Å². The van der Waals surface area contributed by atoms with E-state index >= 15 is 0 Å². The second-order valence-electron chi connectivity index (χ2n) is 8.01. The van der Waals surface area contributed by atoms with Gasteiger partial charge >= 0.3 is 0 Å². The zero-order valence-corrected chi connectivity index (χ0v) is 19.4. The minimum Gasteiger partial charge on any atom is -0.355 e. The maximum atomic E-state index is 12.9. The van der Waals surface area contributed by atoms with Gasteiger partial charge in [0.05, 0.1) is 5.39 Å². The first kappa shape index (κ1) is 22.1. The second-order valence-corrected chi connectivity index (χ2v) is 8.01. The number of nitrogens with one attached hydrogen (secondary N) is 3. The van der Waals surface area contributed by atoms with Gasteiger partial charge in [-0.15, -0.1) is 0 Å². The quantitative estimate of drug-likeness (QED) is 0.270. The van der Waals surface area contributed by atoms with Crippen molar-refractivity contribution in [2.45, 2.75) is 13.8 Å². The van der Waals surface area contributed by atoms with Gasteiger partial charge in [-0.1, -0.05) is 35.5 Å². The highest BCUT2D eigenvalue weighted by Crippen LogP contribution is 2.29. The molecule has 2 heterocycles. The molecule has 0 fully saturated rings. The first-order chi connectivity index (χ1) is 17.1. The van der Waals surface area contributed by atoms with E-state index in [1.54, 1.807) is 18.2 Å². The van der Waals surface area contributed by atoms with Crippen molar-refractivity contribution in [3.05, 3.63) is 90.1 Å². The average Bonchev–Trinajstić information content (AvgIpc) is 3.29. The molecule has 0 aliphatic carbocycles. The Kier molecular flexibility index (Phi) is 6.09. The molecule has 0 radical (unpaired) electrons. The molecule has 5 aromatic rings. The first-order valence-corrected chi connectivity index (χ1v) is 11.3. The Morgan fingerprint density at radius 2 is 1.69 bits per heavy atom. The molecule has 0 spiro atoms. The number of hydrogen-bond donors (Lipinski definition) is 3. The molecule has 3 aromatic carbocycles. The minimum absolute atomic E-state index is 0.213. The van der Waals surface area contributed by atoms with Gasteiger partial charge in [0.2, 0.25) is 5.95 Å². The predicted octanol–water partition coefficient (Wildman–Crippen LogP) is 6.02. The lowest BCUT2D eigenvalue weighted by Gasteiger charge is -2.10. The minimum atomic E-state index is -0.213. The van der Waals surface area contributed by atoms with Gasteiger partial charge in [0, 0.05) is 40.8 Å². The van der Waals surface area contributed by atoms with Gasteiger partial charge in [-0.05, 0) is 56.3 Å². The maximum Gasteiger partial charge on any atom is 0.255 e. The molecular weight excluding hydrogens is 440 g/mol. The molecule has 8 nitrogen and oxygen atoms in total. The molecule has 0 bridgehead atoms. The number of anilines is 4. The Bertz CT molecular complexity index is 1480. The average molecular weight is 465 g/mol. The van der Waals surface area contributed by atoms with Crippen LogP contribution in [0.4, 0.5) is 23.1 Å². The number of rotatable bonds is 7. The summed E-state index contributed by atoms with van der Waals surface area (Å²) in [6, 6.07) is 24.4. The van der Waals surface area contributed by atoms with E-state index in [9.17, 15) is 4.79 Å². The summed E-state index contributed by atoms with van der Waals surface area (Å²) in [6.07, 6.45) is 0. The van der Waals surface area contributed by atoms with Crippen LogP contribution in [0.3, 0.4) is 0 Å². The van der Waals surface area contributed by atoms with Crippen molar-refractivity contribution in [3.8, 4) is 11.3 Å². The van der Waals surface area contributed by atoms with Gasteiger partial charge in [0.1, 0.15) is 11.3 Å². The Morgan fingerprint density at radius 3 is 2.46 bits per heavy atom. The summed E-state index contributed by atoms with van der Waals surface area (Å²) in [7, 11) is 0. The lowest BCUT2D eigenvalue weighted by molar-refractivity contribution is 0.102. The number of amides is 1. The second kappa shape index (κ2) is 9.64. The lowest BCUT2D eigenvalue weighted by Crippen LogP contribution is -2.11. The SMILES string of the molecule is CCNc1nc(C)cc(Nc2ccc(NC(=O)c3ccc4noc(-c5ccccc5)c4c3)cc2)n1. The zero-order valence-electron chi connectivity index (χ0n) is 19.4. The van der Waals surface area contributed by atoms with Crippen molar-refractivity contribution < 1.29 is 9.32 Å².